The van der Waals surface area contributed by atoms with Gasteiger partial charge in [0.15, 0.2) is 5.96 Å². The molecule has 148 valence electrons. The van der Waals surface area contributed by atoms with Gasteiger partial charge in [0.1, 0.15) is 5.76 Å². The van der Waals surface area contributed by atoms with E-state index in [0.717, 1.165) is 30.5 Å². The Balaban J connectivity index is 1.56. The molecular weight excluding hydrogens is 358 g/mol. The standard InChI is InChI=1S/C20H31N5OS/c1-14(19-15(2)24-26-16(19)3)12-22-20(21-4)23-13-17(18-8-7-11-27-18)25-9-5-6-10-25/h7-8,11,14,17H,5-6,9-10,12-13H2,1-4H3,(H2,21,22,23). The van der Waals surface area contributed by atoms with E-state index < -0.39 is 0 Å². The molecule has 2 N–H and O–H groups in total. The average Bonchev–Trinajstić information content (AvgIpc) is 3.41. The lowest BCUT2D eigenvalue weighted by molar-refractivity contribution is 0.249. The molecule has 1 aliphatic rings. The number of nitrogens with zero attached hydrogens (tertiary/aromatic N) is 3. The molecule has 0 bridgehead atoms. The molecule has 0 saturated carbocycles. The predicted octanol–water partition coefficient (Wildman–Crippen LogP) is 3.46. The molecular formula is C20H31N5OS. The van der Waals surface area contributed by atoms with E-state index in [9.17, 15) is 0 Å². The third-order valence-electron chi connectivity index (χ3n) is 5.30. The summed E-state index contributed by atoms with van der Waals surface area (Å²) in [4.78, 5) is 8.41. The number of thiophene rings is 1. The molecule has 2 aromatic rings. The highest BCUT2D eigenvalue weighted by molar-refractivity contribution is 7.10. The van der Waals surface area contributed by atoms with Crippen LogP contribution in [0.3, 0.4) is 0 Å². The molecule has 0 amide bonds. The maximum absolute atomic E-state index is 5.30. The Morgan fingerprint density at radius 2 is 2.04 bits per heavy atom. The van der Waals surface area contributed by atoms with Crippen molar-refractivity contribution in [1.82, 2.24) is 20.7 Å². The first-order valence-corrected chi connectivity index (χ1v) is 10.6. The number of nitrogens with one attached hydrogen (secondary N) is 2. The molecule has 2 unspecified atom stereocenters. The lowest BCUT2D eigenvalue weighted by Crippen LogP contribution is -2.43. The summed E-state index contributed by atoms with van der Waals surface area (Å²) in [5.74, 6) is 2.05. The van der Waals surface area contributed by atoms with E-state index in [4.69, 9.17) is 4.52 Å². The van der Waals surface area contributed by atoms with Crippen molar-refractivity contribution in [2.75, 3.05) is 33.2 Å². The molecule has 1 fully saturated rings. The van der Waals surface area contributed by atoms with Gasteiger partial charge in [0, 0.05) is 36.5 Å². The summed E-state index contributed by atoms with van der Waals surface area (Å²) < 4.78 is 5.30. The van der Waals surface area contributed by atoms with Gasteiger partial charge < -0.3 is 15.2 Å². The van der Waals surface area contributed by atoms with E-state index in [1.165, 1.54) is 36.4 Å². The fourth-order valence-electron chi connectivity index (χ4n) is 3.90. The Labute approximate surface area is 166 Å². The molecule has 3 rings (SSSR count). The number of hydrogen-bond donors (Lipinski definition) is 2. The van der Waals surface area contributed by atoms with Gasteiger partial charge >= 0.3 is 0 Å². The Morgan fingerprint density at radius 3 is 2.63 bits per heavy atom. The summed E-state index contributed by atoms with van der Waals surface area (Å²) in [6.07, 6.45) is 2.59. The van der Waals surface area contributed by atoms with Crippen LogP contribution in [0.1, 0.15) is 53.6 Å². The second kappa shape index (κ2) is 9.37. The highest BCUT2D eigenvalue weighted by Gasteiger charge is 2.24. The van der Waals surface area contributed by atoms with Crippen LogP contribution >= 0.6 is 11.3 Å². The first-order valence-electron chi connectivity index (χ1n) is 9.75. The summed E-state index contributed by atoms with van der Waals surface area (Å²) >= 11 is 1.84. The van der Waals surface area contributed by atoms with Crippen LogP contribution in [0.15, 0.2) is 27.0 Å². The molecule has 0 aromatic carbocycles. The van der Waals surface area contributed by atoms with Gasteiger partial charge in [-0.25, -0.2) is 0 Å². The van der Waals surface area contributed by atoms with Gasteiger partial charge in [-0.1, -0.05) is 18.1 Å². The van der Waals surface area contributed by atoms with Crippen LogP contribution in [-0.2, 0) is 0 Å². The van der Waals surface area contributed by atoms with Gasteiger partial charge in [-0.3, -0.25) is 9.89 Å². The van der Waals surface area contributed by atoms with Crippen molar-refractivity contribution < 1.29 is 4.52 Å². The van der Waals surface area contributed by atoms with Crippen LogP contribution in [0, 0.1) is 13.8 Å². The van der Waals surface area contributed by atoms with Crippen molar-refractivity contribution >= 4 is 17.3 Å². The molecule has 1 saturated heterocycles. The SMILES string of the molecule is CN=C(NCC(C)c1c(C)noc1C)NCC(c1cccs1)N1CCCC1. The zero-order chi connectivity index (χ0) is 19.2. The zero-order valence-electron chi connectivity index (χ0n) is 16.8. The van der Waals surface area contributed by atoms with Crippen molar-refractivity contribution in [3.05, 3.63) is 39.4 Å². The largest absolute Gasteiger partial charge is 0.361 e. The summed E-state index contributed by atoms with van der Waals surface area (Å²) in [6.45, 7) is 10.2. The van der Waals surface area contributed by atoms with Crippen molar-refractivity contribution in [3.8, 4) is 0 Å². The average molecular weight is 390 g/mol. The number of likely N-dealkylation sites (tertiary alicyclic amines) is 1. The number of aliphatic imine (C=N–C) groups is 1. The minimum Gasteiger partial charge on any atom is -0.361 e. The summed E-state index contributed by atoms with van der Waals surface area (Å²) in [6, 6.07) is 4.79. The lowest BCUT2D eigenvalue weighted by atomic mass is 10.00. The number of guanidine groups is 1. The summed E-state index contributed by atoms with van der Waals surface area (Å²) in [5, 5.41) is 13.2. The Hall–Kier alpha value is -1.86. The number of aromatic nitrogens is 1. The quantitative estimate of drug-likeness (QED) is 0.561. The van der Waals surface area contributed by atoms with E-state index in [1.54, 1.807) is 0 Å². The number of hydrogen-bond acceptors (Lipinski definition) is 5. The van der Waals surface area contributed by atoms with E-state index in [1.807, 2.05) is 32.2 Å². The van der Waals surface area contributed by atoms with Crippen LogP contribution in [0.25, 0.3) is 0 Å². The summed E-state index contributed by atoms with van der Waals surface area (Å²) in [7, 11) is 1.83. The number of aryl methyl sites for hydroxylation is 2. The van der Waals surface area contributed by atoms with Gasteiger partial charge in [-0.15, -0.1) is 11.3 Å². The van der Waals surface area contributed by atoms with Gasteiger partial charge in [-0.05, 0) is 51.2 Å². The van der Waals surface area contributed by atoms with Crippen LogP contribution < -0.4 is 10.6 Å². The molecule has 7 heteroatoms. The second-order valence-corrected chi connectivity index (χ2v) is 8.23. The van der Waals surface area contributed by atoms with Gasteiger partial charge in [0.25, 0.3) is 0 Å². The molecule has 1 aliphatic heterocycles. The zero-order valence-corrected chi connectivity index (χ0v) is 17.6. The van der Waals surface area contributed by atoms with Gasteiger partial charge in [0.05, 0.1) is 11.7 Å². The van der Waals surface area contributed by atoms with Crippen LogP contribution in [-0.4, -0.2) is 49.2 Å². The van der Waals surface area contributed by atoms with Crippen molar-refractivity contribution in [1.29, 1.82) is 0 Å². The smallest absolute Gasteiger partial charge is 0.191 e. The molecule has 6 nitrogen and oxygen atoms in total. The van der Waals surface area contributed by atoms with E-state index in [-0.39, 0.29) is 0 Å². The van der Waals surface area contributed by atoms with Crippen LogP contribution in [0.4, 0.5) is 0 Å². The van der Waals surface area contributed by atoms with E-state index in [2.05, 4.69) is 50.1 Å². The van der Waals surface area contributed by atoms with Crippen molar-refractivity contribution in [3.63, 3.8) is 0 Å². The van der Waals surface area contributed by atoms with Crippen molar-refractivity contribution in [2.45, 2.75) is 45.6 Å². The maximum atomic E-state index is 5.30. The van der Waals surface area contributed by atoms with Crippen molar-refractivity contribution in [2.24, 2.45) is 4.99 Å². The minimum absolute atomic E-state index is 0.307. The van der Waals surface area contributed by atoms with E-state index in [0.29, 0.717) is 12.0 Å². The first kappa shape index (κ1) is 19.9. The Morgan fingerprint density at radius 1 is 1.30 bits per heavy atom. The lowest BCUT2D eigenvalue weighted by Gasteiger charge is -2.27. The molecule has 2 aromatic heterocycles. The highest BCUT2D eigenvalue weighted by atomic mass is 32.1. The minimum atomic E-state index is 0.307. The predicted molar refractivity (Wildman–Crippen MR) is 112 cm³/mol. The molecule has 2 atom stereocenters. The molecule has 0 spiro atoms. The molecule has 0 aliphatic carbocycles. The Bertz CT molecular complexity index is 714. The molecule has 3 heterocycles. The van der Waals surface area contributed by atoms with E-state index >= 15 is 0 Å². The third kappa shape index (κ3) is 4.90. The Kier molecular flexibility index (Phi) is 6.90. The van der Waals surface area contributed by atoms with Crippen LogP contribution in [0.5, 0.6) is 0 Å². The van der Waals surface area contributed by atoms with Gasteiger partial charge in [0.2, 0.25) is 0 Å². The fraction of sp³-hybridized carbons (Fsp3) is 0.600. The molecule has 0 radical (unpaired) electrons. The first-order chi connectivity index (χ1) is 13.1. The topological polar surface area (TPSA) is 65.7 Å². The van der Waals surface area contributed by atoms with Crippen LogP contribution in [0.2, 0.25) is 0 Å². The fourth-order valence-corrected chi connectivity index (χ4v) is 4.76. The maximum Gasteiger partial charge on any atom is 0.191 e. The monoisotopic (exact) mass is 389 g/mol. The third-order valence-corrected chi connectivity index (χ3v) is 6.27. The van der Waals surface area contributed by atoms with Gasteiger partial charge in [-0.2, -0.15) is 0 Å². The molecule has 27 heavy (non-hydrogen) atoms. The second-order valence-electron chi connectivity index (χ2n) is 7.25. The number of rotatable bonds is 7. The highest BCUT2D eigenvalue weighted by Crippen LogP contribution is 2.28. The normalized spacial score (nSPS) is 17.9. The summed E-state index contributed by atoms with van der Waals surface area (Å²) in [5.41, 5.74) is 2.16.